The third kappa shape index (κ3) is 2.19. The highest BCUT2D eigenvalue weighted by atomic mass is 16.6. The smallest absolute Gasteiger partial charge is 0.162 e. The van der Waals surface area contributed by atoms with Crippen LogP contribution in [0.15, 0.2) is 48.5 Å². The number of rotatable bonds is 2. The molecular formula is C19H15NO2. The summed E-state index contributed by atoms with van der Waals surface area (Å²) in [4.78, 5) is 4.72. The minimum atomic E-state index is 0.419. The molecule has 2 aromatic carbocycles. The van der Waals surface area contributed by atoms with Crippen molar-refractivity contribution in [2.75, 3.05) is 13.2 Å². The van der Waals surface area contributed by atoms with Crippen molar-refractivity contribution in [1.82, 2.24) is 4.98 Å². The summed E-state index contributed by atoms with van der Waals surface area (Å²) < 4.78 is 11.3. The molecular weight excluding hydrogens is 274 g/mol. The van der Waals surface area contributed by atoms with Gasteiger partial charge in [0.05, 0.1) is 5.69 Å². The van der Waals surface area contributed by atoms with Gasteiger partial charge in [0.15, 0.2) is 11.5 Å². The lowest BCUT2D eigenvalue weighted by atomic mass is 10.0. The third-order valence-electron chi connectivity index (χ3n) is 3.82. The van der Waals surface area contributed by atoms with Crippen LogP contribution in [0.1, 0.15) is 5.69 Å². The molecule has 0 saturated heterocycles. The van der Waals surface area contributed by atoms with Gasteiger partial charge in [0.2, 0.25) is 0 Å². The SMILES string of the molecule is [CH]Cc1cc2ccccc2c(-c2ccc3c(c2)OCCO3)n1. The van der Waals surface area contributed by atoms with Crippen LogP contribution in [0.5, 0.6) is 11.5 Å². The maximum atomic E-state index is 5.79. The van der Waals surface area contributed by atoms with Crippen LogP contribution in [0.25, 0.3) is 22.0 Å². The van der Waals surface area contributed by atoms with Gasteiger partial charge in [0, 0.05) is 16.6 Å². The van der Waals surface area contributed by atoms with Gasteiger partial charge in [-0.05, 0) is 43.0 Å². The fourth-order valence-corrected chi connectivity index (χ4v) is 2.77. The number of nitrogens with zero attached hydrogens (tertiary/aromatic N) is 1. The number of ether oxygens (including phenoxy) is 2. The van der Waals surface area contributed by atoms with E-state index in [-0.39, 0.29) is 0 Å². The van der Waals surface area contributed by atoms with Gasteiger partial charge < -0.3 is 9.47 Å². The van der Waals surface area contributed by atoms with Crippen molar-refractivity contribution >= 4 is 10.8 Å². The zero-order valence-corrected chi connectivity index (χ0v) is 12.1. The van der Waals surface area contributed by atoms with Crippen molar-refractivity contribution in [3.63, 3.8) is 0 Å². The van der Waals surface area contributed by atoms with Crippen LogP contribution in [0.4, 0.5) is 0 Å². The molecule has 0 fully saturated rings. The molecule has 2 radical (unpaired) electrons. The van der Waals surface area contributed by atoms with Crippen LogP contribution in [-0.2, 0) is 6.42 Å². The van der Waals surface area contributed by atoms with Crippen LogP contribution < -0.4 is 9.47 Å². The fourth-order valence-electron chi connectivity index (χ4n) is 2.77. The first-order valence-corrected chi connectivity index (χ1v) is 7.34. The average molecular weight is 289 g/mol. The molecule has 0 bridgehead atoms. The van der Waals surface area contributed by atoms with Crippen molar-refractivity contribution in [2.45, 2.75) is 6.42 Å². The predicted molar refractivity (Wildman–Crippen MR) is 86.2 cm³/mol. The highest BCUT2D eigenvalue weighted by molar-refractivity contribution is 5.95. The van der Waals surface area contributed by atoms with Gasteiger partial charge >= 0.3 is 0 Å². The number of aromatic nitrogens is 1. The Morgan fingerprint density at radius 1 is 0.955 bits per heavy atom. The summed E-state index contributed by atoms with van der Waals surface area (Å²) in [5.74, 6) is 1.56. The molecule has 0 saturated carbocycles. The molecule has 2 heterocycles. The molecule has 1 aliphatic heterocycles. The van der Waals surface area contributed by atoms with E-state index in [0.717, 1.165) is 39.2 Å². The summed E-state index contributed by atoms with van der Waals surface area (Å²) >= 11 is 0. The Balaban J connectivity index is 1.93. The summed E-state index contributed by atoms with van der Waals surface area (Å²) in [6.07, 6.45) is 0.419. The van der Waals surface area contributed by atoms with Gasteiger partial charge in [-0.3, -0.25) is 4.98 Å². The highest BCUT2D eigenvalue weighted by Crippen LogP contribution is 2.36. The molecule has 22 heavy (non-hydrogen) atoms. The second-order valence-electron chi connectivity index (χ2n) is 5.25. The maximum Gasteiger partial charge on any atom is 0.162 e. The van der Waals surface area contributed by atoms with Crippen LogP contribution >= 0.6 is 0 Å². The first kappa shape index (κ1) is 13.1. The van der Waals surface area contributed by atoms with E-state index >= 15 is 0 Å². The molecule has 0 spiro atoms. The molecule has 1 aliphatic rings. The van der Waals surface area contributed by atoms with E-state index in [9.17, 15) is 0 Å². The minimum absolute atomic E-state index is 0.419. The Hall–Kier alpha value is -2.55. The van der Waals surface area contributed by atoms with Gasteiger partial charge in [-0.1, -0.05) is 24.3 Å². The minimum Gasteiger partial charge on any atom is -0.486 e. The van der Waals surface area contributed by atoms with Crippen LogP contribution in [0.3, 0.4) is 0 Å². The Kier molecular flexibility index (Phi) is 3.19. The van der Waals surface area contributed by atoms with Gasteiger partial charge in [-0.25, -0.2) is 0 Å². The molecule has 3 nitrogen and oxygen atoms in total. The van der Waals surface area contributed by atoms with Crippen molar-refractivity contribution in [3.8, 4) is 22.8 Å². The number of pyridine rings is 1. The molecule has 0 N–H and O–H groups in total. The van der Waals surface area contributed by atoms with Crippen molar-refractivity contribution < 1.29 is 9.47 Å². The Morgan fingerprint density at radius 3 is 2.64 bits per heavy atom. The van der Waals surface area contributed by atoms with E-state index in [0.29, 0.717) is 19.6 Å². The van der Waals surface area contributed by atoms with E-state index < -0.39 is 0 Å². The summed E-state index contributed by atoms with van der Waals surface area (Å²) in [5.41, 5.74) is 2.81. The first-order valence-electron chi connectivity index (χ1n) is 7.34. The fraction of sp³-hybridized carbons (Fsp3) is 0.158. The monoisotopic (exact) mass is 289 g/mol. The van der Waals surface area contributed by atoms with E-state index in [2.05, 4.69) is 12.1 Å². The van der Waals surface area contributed by atoms with Crippen molar-refractivity contribution in [1.29, 1.82) is 0 Å². The average Bonchev–Trinajstić information content (AvgIpc) is 2.60. The number of fused-ring (bicyclic) bond motifs is 2. The third-order valence-corrected chi connectivity index (χ3v) is 3.82. The molecule has 3 aromatic rings. The van der Waals surface area contributed by atoms with Crippen LogP contribution in [-0.4, -0.2) is 18.2 Å². The molecule has 1 aromatic heterocycles. The molecule has 108 valence electrons. The molecule has 0 atom stereocenters. The predicted octanol–water partition coefficient (Wildman–Crippen LogP) is 3.93. The quantitative estimate of drug-likeness (QED) is 0.716. The van der Waals surface area contributed by atoms with Gasteiger partial charge in [0.25, 0.3) is 0 Å². The molecule has 0 amide bonds. The lowest BCUT2D eigenvalue weighted by Crippen LogP contribution is -2.15. The first-order chi connectivity index (χ1) is 10.8. The molecule has 0 unspecified atom stereocenters. The number of hydrogen-bond acceptors (Lipinski definition) is 3. The second-order valence-corrected chi connectivity index (χ2v) is 5.25. The normalized spacial score (nSPS) is 13.3. The van der Waals surface area contributed by atoms with E-state index in [4.69, 9.17) is 21.4 Å². The van der Waals surface area contributed by atoms with Gasteiger partial charge in [-0.15, -0.1) is 0 Å². The number of benzene rings is 2. The topological polar surface area (TPSA) is 31.4 Å². The zero-order chi connectivity index (χ0) is 14.9. The van der Waals surface area contributed by atoms with Gasteiger partial charge in [0.1, 0.15) is 13.2 Å². The lowest BCUT2D eigenvalue weighted by molar-refractivity contribution is 0.171. The van der Waals surface area contributed by atoms with Crippen molar-refractivity contribution in [2.24, 2.45) is 0 Å². The highest BCUT2D eigenvalue weighted by Gasteiger charge is 2.14. The lowest BCUT2D eigenvalue weighted by Gasteiger charge is -2.19. The second kappa shape index (κ2) is 5.34. The van der Waals surface area contributed by atoms with Crippen LogP contribution in [0, 0.1) is 6.92 Å². The molecule has 0 aliphatic carbocycles. The van der Waals surface area contributed by atoms with E-state index in [1.807, 2.05) is 36.4 Å². The summed E-state index contributed by atoms with van der Waals surface area (Å²) in [6, 6.07) is 16.2. The van der Waals surface area contributed by atoms with Gasteiger partial charge in [-0.2, -0.15) is 0 Å². The molecule has 3 heteroatoms. The summed E-state index contributed by atoms with van der Waals surface area (Å²) in [5, 5.41) is 2.25. The standard InChI is InChI=1S/C19H15NO2/c1-2-15-11-13-5-3-4-6-16(13)19(20-15)14-7-8-17-18(12-14)22-10-9-21-17/h1,3-8,11-12H,2,9-10H2. The van der Waals surface area contributed by atoms with Crippen LogP contribution in [0.2, 0.25) is 0 Å². The Labute approximate surface area is 129 Å². The summed E-state index contributed by atoms with van der Waals surface area (Å²) in [6.45, 7) is 6.96. The van der Waals surface area contributed by atoms with E-state index in [1.165, 1.54) is 0 Å². The Morgan fingerprint density at radius 2 is 1.77 bits per heavy atom. The largest absolute Gasteiger partial charge is 0.486 e. The summed E-state index contributed by atoms with van der Waals surface area (Å²) in [7, 11) is 0. The Bertz CT molecular complexity index is 842. The van der Waals surface area contributed by atoms with E-state index in [1.54, 1.807) is 0 Å². The molecule has 4 rings (SSSR count). The number of hydrogen-bond donors (Lipinski definition) is 0. The maximum absolute atomic E-state index is 5.79. The van der Waals surface area contributed by atoms with Crippen molar-refractivity contribution in [3.05, 3.63) is 61.1 Å². The zero-order valence-electron chi connectivity index (χ0n) is 12.1.